The van der Waals surface area contributed by atoms with Gasteiger partial charge in [0.15, 0.2) is 0 Å². The predicted octanol–water partition coefficient (Wildman–Crippen LogP) is 2.37. The van der Waals surface area contributed by atoms with E-state index in [1.807, 2.05) is 11.2 Å². The van der Waals surface area contributed by atoms with Crippen molar-refractivity contribution in [1.82, 2.24) is 19.8 Å². The Hall–Kier alpha value is -1.89. The summed E-state index contributed by atoms with van der Waals surface area (Å²) in [5, 5.41) is 0. The quantitative estimate of drug-likeness (QED) is 0.788. The van der Waals surface area contributed by atoms with Gasteiger partial charge in [0.05, 0.1) is 29.9 Å². The lowest BCUT2D eigenvalue weighted by atomic mass is 9.77. The number of hydrogen-bond acceptors (Lipinski definition) is 5. The number of rotatable bonds is 3. The average molecular weight is 401 g/mol. The fourth-order valence-corrected chi connectivity index (χ4v) is 6.42. The first-order valence-corrected chi connectivity index (χ1v) is 11.4. The van der Waals surface area contributed by atoms with Gasteiger partial charge in [-0.2, -0.15) is 0 Å². The summed E-state index contributed by atoms with van der Waals surface area (Å²) >= 11 is 0. The number of nitrogens with one attached hydrogen (secondary N) is 1. The molecule has 5 rings (SSSR count). The van der Waals surface area contributed by atoms with E-state index < -0.39 is 5.60 Å². The molecule has 0 radical (unpaired) electrons. The first kappa shape index (κ1) is 19.1. The molecule has 7 heteroatoms. The molecule has 0 unspecified atom stereocenters. The fraction of sp³-hybridized carbons (Fsp3) is 0.773. The summed E-state index contributed by atoms with van der Waals surface area (Å²) in [4.78, 5) is 38.1. The second-order valence-electron chi connectivity index (χ2n) is 9.33. The molecule has 2 saturated heterocycles. The van der Waals surface area contributed by atoms with Crippen molar-refractivity contribution >= 4 is 11.9 Å². The van der Waals surface area contributed by atoms with Crippen LogP contribution in [0.1, 0.15) is 69.7 Å². The monoisotopic (exact) mass is 400 g/mol. The SMILES string of the molecule is CCCN1CCc2[nH]cnc2C12CCN(C(=O)[C@@H]1CC(=O)OC13CCCC3)CC2. The largest absolute Gasteiger partial charge is 0.458 e. The number of imidazole rings is 1. The third-order valence-electron chi connectivity index (χ3n) is 7.86. The Balaban J connectivity index is 1.35. The van der Waals surface area contributed by atoms with E-state index in [2.05, 4.69) is 16.8 Å². The molecule has 1 saturated carbocycles. The van der Waals surface area contributed by atoms with Crippen molar-refractivity contribution in [1.29, 1.82) is 0 Å². The Morgan fingerprint density at radius 3 is 2.72 bits per heavy atom. The number of aromatic nitrogens is 2. The molecule has 1 aromatic rings. The lowest BCUT2D eigenvalue weighted by Gasteiger charge is -2.51. The molecule has 1 aliphatic carbocycles. The van der Waals surface area contributed by atoms with Crippen LogP contribution in [0.25, 0.3) is 0 Å². The van der Waals surface area contributed by atoms with Crippen molar-refractivity contribution < 1.29 is 14.3 Å². The minimum absolute atomic E-state index is 0.0621. The lowest BCUT2D eigenvalue weighted by Crippen LogP contribution is -2.58. The molecule has 7 nitrogen and oxygen atoms in total. The Labute approximate surface area is 172 Å². The molecule has 1 N–H and O–H groups in total. The van der Waals surface area contributed by atoms with Gasteiger partial charge in [0, 0.05) is 31.7 Å². The van der Waals surface area contributed by atoms with Gasteiger partial charge in [-0.3, -0.25) is 14.5 Å². The van der Waals surface area contributed by atoms with Crippen LogP contribution in [0.2, 0.25) is 0 Å². The number of amides is 1. The van der Waals surface area contributed by atoms with Gasteiger partial charge in [0.1, 0.15) is 5.60 Å². The standard InChI is InChI=1S/C22H32N4O3/c1-2-10-26-11-5-17-19(24-15-23-17)21(26)8-12-25(13-9-21)20(28)16-14-18(27)29-22(16)6-3-4-7-22/h15-16H,2-14H2,1H3,(H,23,24)/t16-/m0/s1. The van der Waals surface area contributed by atoms with E-state index in [0.717, 1.165) is 77.5 Å². The minimum atomic E-state index is -0.516. The molecule has 158 valence electrons. The number of H-pyrrole nitrogens is 1. The molecule has 4 aliphatic rings. The van der Waals surface area contributed by atoms with Crippen LogP contribution in [-0.4, -0.2) is 63.4 Å². The van der Waals surface area contributed by atoms with Crippen LogP contribution in [-0.2, 0) is 26.3 Å². The van der Waals surface area contributed by atoms with E-state index in [-0.39, 0.29) is 29.8 Å². The lowest BCUT2D eigenvalue weighted by molar-refractivity contribution is -0.152. The second-order valence-corrected chi connectivity index (χ2v) is 9.33. The van der Waals surface area contributed by atoms with Crippen molar-refractivity contribution in [2.24, 2.45) is 5.92 Å². The van der Waals surface area contributed by atoms with Crippen molar-refractivity contribution in [2.75, 3.05) is 26.2 Å². The summed E-state index contributed by atoms with van der Waals surface area (Å²) < 4.78 is 5.72. The second kappa shape index (κ2) is 7.11. The first-order chi connectivity index (χ1) is 14.1. The molecule has 3 fully saturated rings. The van der Waals surface area contributed by atoms with Gasteiger partial charge in [-0.1, -0.05) is 6.92 Å². The summed E-state index contributed by atoms with van der Waals surface area (Å²) in [5.41, 5.74) is 1.87. The number of ether oxygens (including phenoxy) is 1. The number of esters is 1. The van der Waals surface area contributed by atoms with Crippen molar-refractivity contribution in [3.8, 4) is 0 Å². The van der Waals surface area contributed by atoms with Crippen LogP contribution in [0.4, 0.5) is 0 Å². The van der Waals surface area contributed by atoms with Crippen LogP contribution >= 0.6 is 0 Å². The van der Waals surface area contributed by atoms with Crippen molar-refractivity contribution in [3.63, 3.8) is 0 Å². The topological polar surface area (TPSA) is 78.5 Å². The number of fused-ring (bicyclic) bond motifs is 2. The maximum Gasteiger partial charge on any atom is 0.307 e. The molecule has 29 heavy (non-hydrogen) atoms. The molecule has 1 amide bonds. The summed E-state index contributed by atoms with van der Waals surface area (Å²) in [6.45, 7) is 5.79. The maximum atomic E-state index is 13.4. The zero-order chi connectivity index (χ0) is 20.1. The Kier molecular flexibility index (Phi) is 4.68. The third kappa shape index (κ3) is 2.92. The number of likely N-dealkylation sites (tertiary alicyclic amines) is 1. The van der Waals surface area contributed by atoms with E-state index in [1.54, 1.807) is 0 Å². The molecular formula is C22H32N4O3. The van der Waals surface area contributed by atoms with Crippen LogP contribution in [0, 0.1) is 5.92 Å². The Bertz CT molecular complexity index is 790. The molecule has 2 spiro atoms. The van der Waals surface area contributed by atoms with E-state index in [0.29, 0.717) is 0 Å². The predicted molar refractivity (Wildman–Crippen MR) is 107 cm³/mol. The Morgan fingerprint density at radius 2 is 2.00 bits per heavy atom. The zero-order valence-electron chi connectivity index (χ0n) is 17.4. The molecule has 1 atom stereocenters. The Morgan fingerprint density at radius 1 is 1.24 bits per heavy atom. The highest BCUT2D eigenvalue weighted by Crippen LogP contribution is 2.47. The van der Waals surface area contributed by atoms with E-state index in [9.17, 15) is 9.59 Å². The van der Waals surface area contributed by atoms with Gasteiger partial charge in [0.2, 0.25) is 5.91 Å². The first-order valence-electron chi connectivity index (χ1n) is 11.4. The van der Waals surface area contributed by atoms with E-state index in [4.69, 9.17) is 9.72 Å². The molecule has 4 heterocycles. The molecular weight excluding hydrogens is 368 g/mol. The summed E-state index contributed by atoms with van der Waals surface area (Å²) in [6.07, 6.45) is 9.81. The highest BCUT2D eigenvalue weighted by molar-refractivity contribution is 5.88. The number of hydrogen-bond donors (Lipinski definition) is 1. The van der Waals surface area contributed by atoms with Crippen LogP contribution in [0.3, 0.4) is 0 Å². The molecule has 0 aromatic carbocycles. The minimum Gasteiger partial charge on any atom is -0.458 e. The normalized spacial score (nSPS) is 28.1. The molecule has 1 aromatic heterocycles. The highest BCUT2D eigenvalue weighted by atomic mass is 16.6. The summed E-state index contributed by atoms with van der Waals surface area (Å²) in [5.74, 6) is -0.348. The van der Waals surface area contributed by atoms with Gasteiger partial charge in [-0.25, -0.2) is 4.98 Å². The van der Waals surface area contributed by atoms with Crippen LogP contribution < -0.4 is 0 Å². The zero-order valence-corrected chi connectivity index (χ0v) is 17.4. The smallest absolute Gasteiger partial charge is 0.307 e. The van der Waals surface area contributed by atoms with Crippen LogP contribution in [0.15, 0.2) is 6.33 Å². The number of nitrogens with zero attached hydrogens (tertiary/aromatic N) is 3. The summed E-state index contributed by atoms with van der Waals surface area (Å²) in [6, 6.07) is 0. The molecule has 3 aliphatic heterocycles. The van der Waals surface area contributed by atoms with Gasteiger partial charge in [-0.15, -0.1) is 0 Å². The van der Waals surface area contributed by atoms with Gasteiger partial charge in [0.25, 0.3) is 0 Å². The number of carbonyl (C=O) groups is 2. The molecule has 0 bridgehead atoms. The highest BCUT2D eigenvalue weighted by Gasteiger charge is 2.56. The number of aromatic amines is 1. The van der Waals surface area contributed by atoms with Gasteiger partial charge in [-0.05, 0) is 51.5 Å². The summed E-state index contributed by atoms with van der Waals surface area (Å²) in [7, 11) is 0. The third-order valence-corrected chi connectivity index (χ3v) is 7.86. The van der Waals surface area contributed by atoms with Gasteiger partial charge >= 0.3 is 5.97 Å². The van der Waals surface area contributed by atoms with Crippen molar-refractivity contribution in [3.05, 3.63) is 17.7 Å². The maximum absolute atomic E-state index is 13.4. The number of carbonyl (C=O) groups excluding carboxylic acids is 2. The fourth-order valence-electron chi connectivity index (χ4n) is 6.42. The number of piperidine rings is 1. The van der Waals surface area contributed by atoms with Gasteiger partial charge < -0.3 is 14.6 Å². The van der Waals surface area contributed by atoms with Crippen LogP contribution in [0.5, 0.6) is 0 Å². The van der Waals surface area contributed by atoms with E-state index >= 15 is 0 Å². The van der Waals surface area contributed by atoms with Crippen molar-refractivity contribution in [2.45, 2.75) is 75.9 Å². The average Bonchev–Trinajstić information content (AvgIpc) is 3.45. The van der Waals surface area contributed by atoms with E-state index in [1.165, 1.54) is 11.4 Å².